The van der Waals surface area contributed by atoms with Crippen LogP contribution in [0.2, 0.25) is 0 Å². The maximum Gasteiger partial charge on any atom is 0.263 e. The van der Waals surface area contributed by atoms with Crippen molar-refractivity contribution in [1.82, 2.24) is 4.90 Å². The van der Waals surface area contributed by atoms with E-state index in [9.17, 15) is 9.59 Å². The van der Waals surface area contributed by atoms with Crippen LogP contribution < -0.4 is 19.5 Å². The Morgan fingerprint density at radius 3 is 2.43 bits per heavy atom. The molecule has 2 amide bonds. The van der Waals surface area contributed by atoms with Crippen molar-refractivity contribution < 1.29 is 23.8 Å². The van der Waals surface area contributed by atoms with E-state index in [0.717, 1.165) is 12.8 Å². The van der Waals surface area contributed by atoms with E-state index in [1.165, 1.54) is 32.7 Å². The molecule has 150 valence electrons. The minimum absolute atomic E-state index is 0.0136. The first-order chi connectivity index (χ1) is 13.6. The van der Waals surface area contributed by atoms with Crippen LogP contribution in [0.4, 0.5) is 5.69 Å². The van der Waals surface area contributed by atoms with Crippen LogP contribution in [-0.4, -0.2) is 51.1 Å². The van der Waals surface area contributed by atoms with Crippen LogP contribution in [-0.2, 0) is 4.79 Å². The van der Waals surface area contributed by atoms with Crippen LogP contribution in [0.25, 0.3) is 0 Å². The number of nitrogens with one attached hydrogen (secondary N) is 1. The molecule has 1 aliphatic heterocycles. The minimum Gasteiger partial charge on any atom is -0.493 e. The van der Waals surface area contributed by atoms with E-state index in [2.05, 4.69) is 5.32 Å². The van der Waals surface area contributed by atoms with Crippen LogP contribution in [0.15, 0.2) is 29.6 Å². The average molecular weight is 404 g/mol. The van der Waals surface area contributed by atoms with Gasteiger partial charge in [-0.15, -0.1) is 11.3 Å². The third-order valence-electron chi connectivity index (χ3n) is 4.74. The van der Waals surface area contributed by atoms with Crippen molar-refractivity contribution in [2.45, 2.75) is 12.8 Å². The van der Waals surface area contributed by atoms with E-state index >= 15 is 0 Å². The summed E-state index contributed by atoms with van der Waals surface area (Å²) < 4.78 is 16.0. The van der Waals surface area contributed by atoms with Gasteiger partial charge in [-0.1, -0.05) is 6.07 Å². The second-order valence-electron chi connectivity index (χ2n) is 6.47. The fourth-order valence-electron chi connectivity index (χ4n) is 3.33. The highest BCUT2D eigenvalue weighted by molar-refractivity contribution is 7.12. The number of thiophene rings is 1. The topological polar surface area (TPSA) is 77.1 Å². The monoisotopic (exact) mass is 404 g/mol. The normalized spacial score (nSPS) is 16.4. The van der Waals surface area contributed by atoms with Gasteiger partial charge in [0.2, 0.25) is 11.7 Å². The molecule has 1 N–H and O–H groups in total. The molecule has 1 aromatic carbocycles. The molecule has 1 fully saturated rings. The second kappa shape index (κ2) is 8.97. The lowest BCUT2D eigenvalue weighted by Crippen LogP contribution is -2.43. The Balaban J connectivity index is 1.71. The number of amides is 2. The molecule has 1 aromatic heterocycles. The van der Waals surface area contributed by atoms with Crippen molar-refractivity contribution in [1.29, 1.82) is 0 Å². The molecule has 1 aliphatic rings. The van der Waals surface area contributed by atoms with E-state index < -0.39 is 0 Å². The fraction of sp³-hybridized carbons (Fsp3) is 0.400. The van der Waals surface area contributed by atoms with Gasteiger partial charge in [-0.05, 0) is 24.3 Å². The van der Waals surface area contributed by atoms with Gasteiger partial charge in [0.1, 0.15) is 0 Å². The number of anilines is 1. The average Bonchev–Trinajstić information content (AvgIpc) is 3.27. The molecule has 7 nitrogen and oxygen atoms in total. The lowest BCUT2D eigenvalue weighted by molar-refractivity contribution is -0.121. The summed E-state index contributed by atoms with van der Waals surface area (Å²) in [5.41, 5.74) is 0.557. The first kappa shape index (κ1) is 20.0. The van der Waals surface area contributed by atoms with Gasteiger partial charge in [-0.25, -0.2) is 0 Å². The van der Waals surface area contributed by atoms with E-state index in [1.807, 2.05) is 17.5 Å². The highest BCUT2D eigenvalue weighted by Gasteiger charge is 2.29. The number of carbonyl (C=O) groups is 2. The predicted octanol–water partition coefficient (Wildman–Crippen LogP) is 3.26. The summed E-state index contributed by atoms with van der Waals surface area (Å²) in [6.07, 6.45) is 1.54. The standard InChI is InChI=1S/C20H24N2O5S/c1-25-15-10-14(11-16(26-2)18(15)27-3)21-19(23)13-6-4-8-22(12-13)20(24)17-7-5-9-28-17/h5,7,9-11,13H,4,6,8,12H2,1-3H3,(H,21,23). The number of nitrogens with zero attached hydrogens (tertiary/aromatic N) is 1. The molecule has 1 saturated heterocycles. The fourth-order valence-corrected chi connectivity index (χ4v) is 4.02. The van der Waals surface area contributed by atoms with E-state index in [0.29, 0.717) is 40.9 Å². The SMILES string of the molecule is COc1cc(NC(=O)C2CCCN(C(=O)c3cccs3)C2)cc(OC)c1OC. The molecule has 1 atom stereocenters. The van der Waals surface area contributed by atoms with Gasteiger partial charge in [0.05, 0.1) is 32.1 Å². The Hall–Kier alpha value is -2.74. The summed E-state index contributed by atoms with van der Waals surface area (Å²) >= 11 is 1.42. The van der Waals surface area contributed by atoms with Crippen LogP contribution in [0, 0.1) is 5.92 Å². The van der Waals surface area contributed by atoms with E-state index in [4.69, 9.17) is 14.2 Å². The van der Waals surface area contributed by atoms with Crippen molar-refractivity contribution in [3.63, 3.8) is 0 Å². The number of hydrogen-bond donors (Lipinski definition) is 1. The zero-order valence-corrected chi connectivity index (χ0v) is 17.0. The van der Waals surface area contributed by atoms with Crippen molar-refractivity contribution in [3.8, 4) is 17.2 Å². The molecule has 1 unspecified atom stereocenters. The quantitative estimate of drug-likeness (QED) is 0.800. The zero-order valence-electron chi connectivity index (χ0n) is 16.2. The third-order valence-corrected chi connectivity index (χ3v) is 5.60. The molecule has 28 heavy (non-hydrogen) atoms. The molecule has 2 heterocycles. The molecule has 8 heteroatoms. The number of piperidine rings is 1. The van der Waals surface area contributed by atoms with Gasteiger partial charge in [0.15, 0.2) is 11.5 Å². The lowest BCUT2D eigenvalue weighted by Gasteiger charge is -2.31. The Bertz CT molecular complexity index is 812. The lowest BCUT2D eigenvalue weighted by atomic mass is 9.96. The predicted molar refractivity (Wildman–Crippen MR) is 108 cm³/mol. The zero-order chi connectivity index (χ0) is 20.1. The summed E-state index contributed by atoms with van der Waals surface area (Å²) in [5.74, 6) is 0.994. The first-order valence-electron chi connectivity index (χ1n) is 9.01. The van der Waals surface area contributed by atoms with Gasteiger partial charge in [0, 0.05) is 30.9 Å². The second-order valence-corrected chi connectivity index (χ2v) is 7.42. The van der Waals surface area contributed by atoms with Crippen LogP contribution in [0.3, 0.4) is 0 Å². The number of likely N-dealkylation sites (tertiary alicyclic amines) is 1. The summed E-state index contributed by atoms with van der Waals surface area (Å²) in [6.45, 7) is 1.08. The molecule has 0 aliphatic carbocycles. The van der Waals surface area contributed by atoms with Crippen molar-refractivity contribution in [2.24, 2.45) is 5.92 Å². The van der Waals surface area contributed by atoms with Gasteiger partial charge in [-0.2, -0.15) is 0 Å². The Kier molecular flexibility index (Phi) is 6.41. The molecule has 0 spiro atoms. The van der Waals surface area contributed by atoms with E-state index in [-0.39, 0.29) is 17.7 Å². The van der Waals surface area contributed by atoms with Gasteiger partial charge in [-0.3, -0.25) is 9.59 Å². The van der Waals surface area contributed by atoms with Crippen LogP contribution in [0.5, 0.6) is 17.2 Å². The maximum atomic E-state index is 12.8. The number of hydrogen-bond acceptors (Lipinski definition) is 6. The molecule has 0 bridgehead atoms. The number of rotatable bonds is 6. The minimum atomic E-state index is -0.267. The van der Waals surface area contributed by atoms with Crippen molar-refractivity contribution in [2.75, 3.05) is 39.7 Å². The molecule has 3 rings (SSSR count). The Morgan fingerprint density at radius 1 is 1.14 bits per heavy atom. The molecule has 2 aromatic rings. The third kappa shape index (κ3) is 4.22. The number of methoxy groups -OCH3 is 3. The molecular formula is C20H24N2O5S. The molecule has 0 radical (unpaired) electrons. The van der Waals surface area contributed by atoms with Crippen LogP contribution >= 0.6 is 11.3 Å². The summed E-state index contributed by atoms with van der Waals surface area (Å²) in [4.78, 5) is 27.9. The molecule has 0 saturated carbocycles. The van der Waals surface area contributed by atoms with Gasteiger partial charge in [0.25, 0.3) is 5.91 Å². The summed E-state index contributed by atoms with van der Waals surface area (Å²) in [5, 5.41) is 4.80. The number of benzene rings is 1. The Morgan fingerprint density at radius 2 is 1.86 bits per heavy atom. The van der Waals surface area contributed by atoms with Crippen LogP contribution in [0.1, 0.15) is 22.5 Å². The maximum absolute atomic E-state index is 12.8. The first-order valence-corrected chi connectivity index (χ1v) is 9.89. The largest absolute Gasteiger partial charge is 0.493 e. The van der Waals surface area contributed by atoms with Gasteiger partial charge >= 0.3 is 0 Å². The Labute approximate surface area is 168 Å². The van der Waals surface area contributed by atoms with Gasteiger partial charge < -0.3 is 24.4 Å². The van der Waals surface area contributed by atoms with E-state index in [1.54, 1.807) is 17.0 Å². The smallest absolute Gasteiger partial charge is 0.263 e. The number of carbonyl (C=O) groups excluding carboxylic acids is 2. The van der Waals surface area contributed by atoms with Crippen molar-refractivity contribution >= 4 is 28.8 Å². The summed E-state index contributed by atoms with van der Waals surface area (Å²) in [7, 11) is 4.58. The summed E-state index contributed by atoms with van der Waals surface area (Å²) in [6, 6.07) is 7.05. The number of ether oxygens (including phenoxy) is 3. The van der Waals surface area contributed by atoms with Crippen molar-refractivity contribution in [3.05, 3.63) is 34.5 Å². The molecular weight excluding hydrogens is 380 g/mol. The highest BCUT2D eigenvalue weighted by Crippen LogP contribution is 2.40. The highest BCUT2D eigenvalue weighted by atomic mass is 32.1.